The molecule has 0 saturated heterocycles. The fraction of sp³-hybridized carbons (Fsp3) is 0.0870. The van der Waals surface area contributed by atoms with Crippen molar-refractivity contribution in [3.63, 3.8) is 0 Å². The summed E-state index contributed by atoms with van der Waals surface area (Å²) in [5, 5.41) is 5.92. The van der Waals surface area contributed by atoms with E-state index >= 15 is 0 Å². The van der Waals surface area contributed by atoms with Gasteiger partial charge >= 0.3 is 11.8 Å². The van der Waals surface area contributed by atoms with Gasteiger partial charge in [-0.25, -0.2) is 14.2 Å². The number of anilines is 1. The second kappa shape index (κ2) is 10.7. The SMILES string of the molecule is COc1cccc(/C=N\NC(=O)C(=O)Nc2ccccc2F)c1OCc1ccc(F)cc1. The Balaban J connectivity index is 1.66. The Kier molecular flexibility index (Phi) is 7.47. The molecule has 32 heavy (non-hydrogen) atoms. The molecule has 7 nitrogen and oxygen atoms in total. The van der Waals surface area contributed by atoms with Crippen molar-refractivity contribution in [1.29, 1.82) is 0 Å². The first kappa shape index (κ1) is 22.4. The van der Waals surface area contributed by atoms with E-state index in [9.17, 15) is 18.4 Å². The maximum Gasteiger partial charge on any atom is 0.329 e. The van der Waals surface area contributed by atoms with Gasteiger partial charge in [0.05, 0.1) is 19.0 Å². The molecule has 0 aliphatic heterocycles. The van der Waals surface area contributed by atoms with E-state index in [-0.39, 0.29) is 18.1 Å². The number of benzene rings is 3. The molecule has 3 rings (SSSR count). The summed E-state index contributed by atoms with van der Waals surface area (Å²) in [6.45, 7) is 0.138. The number of hydrogen-bond acceptors (Lipinski definition) is 5. The number of nitrogens with zero attached hydrogens (tertiary/aromatic N) is 1. The minimum Gasteiger partial charge on any atom is -0.493 e. The van der Waals surface area contributed by atoms with Gasteiger partial charge in [-0.05, 0) is 42.0 Å². The molecule has 0 aliphatic rings. The van der Waals surface area contributed by atoms with E-state index in [1.165, 1.54) is 43.7 Å². The predicted molar refractivity (Wildman–Crippen MR) is 114 cm³/mol. The third kappa shape index (κ3) is 5.88. The van der Waals surface area contributed by atoms with Crippen LogP contribution in [-0.2, 0) is 16.2 Å². The third-order valence-corrected chi connectivity index (χ3v) is 4.22. The molecular weight excluding hydrogens is 420 g/mol. The maximum absolute atomic E-state index is 13.6. The number of hydrazone groups is 1. The monoisotopic (exact) mass is 439 g/mol. The van der Waals surface area contributed by atoms with Gasteiger partial charge in [-0.2, -0.15) is 5.10 Å². The molecule has 164 valence electrons. The zero-order valence-electron chi connectivity index (χ0n) is 17.0. The fourth-order valence-corrected chi connectivity index (χ4v) is 2.64. The van der Waals surface area contributed by atoms with Crippen LogP contribution in [0, 0.1) is 11.6 Å². The highest BCUT2D eigenvalue weighted by atomic mass is 19.1. The van der Waals surface area contributed by atoms with Crippen molar-refractivity contribution >= 4 is 23.7 Å². The summed E-state index contributed by atoms with van der Waals surface area (Å²) in [6, 6.07) is 16.3. The molecule has 9 heteroatoms. The van der Waals surface area contributed by atoms with Crippen LogP contribution in [-0.4, -0.2) is 25.1 Å². The maximum atomic E-state index is 13.6. The Hall–Kier alpha value is -4.27. The standard InChI is InChI=1S/C23H19F2N3O4/c1-31-20-8-4-5-16(21(20)32-14-15-9-11-17(24)12-10-15)13-26-28-23(30)22(29)27-19-7-3-2-6-18(19)25/h2-13H,14H2,1H3,(H,27,29)(H,28,30)/b26-13-. The van der Waals surface area contributed by atoms with Crippen LogP contribution in [0.1, 0.15) is 11.1 Å². The molecule has 0 radical (unpaired) electrons. The molecule has 0 spiro atoms. The topological polar surface area (TPSA) is 89.0 Å². The average molecular weight is 439 g/mol. The van der Waals surface area contributed by atoms with E-state index < -0.39 is 17.6 Å². The first-order valence-electron chi connectivity index (χ1n) is 9.41. The molecule has 0 fully saturated rings. The normalized spacial score (nSPS) is 10.6. The van der Waals surface area contributed by atoms with Crippen LogP contribution in [0.25, 0.3) is 0 Å². The number of hydrogen-bond donors (Lipinski definition) is 2. The molecule has 3 aromatic carbocycles. The number of rotatable bonds is 7. The van der Waals surface area contributed by atoms with Crippen molar-refractivity contribution in [2.45, 2.75) is 6.61 Å². The van der Waals surface area contributed by atoms with Gasteiger partial charge in [0.2, 0.25) is 0 Å². The number of amides is 2. The number of para-hydroxylation sites is 2. The van der Waals surface area contributed by atoms with Gasteiger partial charge in [-0.1, -0.05) is 30.3 Å². The Bertz CT molecular complexity index is 1130. The van der Waals surface area contributed by atoms with Gasteiger partial charge in [0.25, 0.3) is 0 Å². The number of halogens is 2. The number of carbonyl (C=O) groups excluding carboxylic acids is 2. The van der Waals surface area contributed by atoms with Crippen molar-refractivity contribution in [2.75, 3.05) is 12.4 Å². The highest BCUT2D eigenvalue weighted by molar-refractivity contribution is 6.39. The van der Waals surface area contributed by atoms with E-state index in [0.717, 1.165) is 11.6 Å². The number of ether oxygens (including phenoxy) is 2. The molecule has 0 heterocycles. The van der Waals surface area contributed by atoms with Crippen LogP contribution in [0.4, 0.5) is 14.5 Å². The summed E-state index contributed by atoms with van der Waals surface area (Å²) in [4.78, 5) is 23.9. The quantitative estimate of drug-likeness (QED) is 0.334. The first-order valence-corrected chi connectivity index (χ1v) is 9.41. The summed E-state index contributed by atoms with van der Waals surface area (Å²) in [5.41, 5.74) is 3.14. The van der Waals surface area contributed by atoms with Crippen LogP contribution >= 0.6 is 0 Å². The van der Waals surface area contributed by atoms with Gasteiger partial charge in [-0.15, -0.1) is 0 Å². The van der Waals surface area contributed by atoms with E-state index in [2.05, 4.69) is 15.8 Å². The summed E-state index contributed by atoms with van der Waals surface area (Å²) in [7, 11) is 1.47. The largest absolute Gasteiger partial charge is 0.493 e. The van der Waals surface area contributed by atoms with Crippen molar-refractivity contribution in [3.8, 4) is 11.5 Å². The summed E-state index contributed by atoms with van der Waals surface area (Å²) in [6.07, 6.45) is 1.27. The lowest BCUT2D eigenvalue weighted by atomic mass is 10.2. The number of carbonyl (C=O) groups is 2. The lowest BCUT2D eigenvalue weighted by Crippen LogP contribution is -2.32. The Morgan fingerprint density at radius 3 is 2.44 bits per heavy atom. The third-order valence-electron chi connectivity index (χ3n) is 4.22. The van der Waals surface area contributed by atoms with E-state index in [4.69, 9.17) is 9.47 Å². The Labute approximate surface area is 182 Å². The van der Waals surface area contributed by atoms with E-state index in [1.807, 2.05) is 0 Å². The van der Waals surface area contributed by atoms with Crippen LogP contribution in [0.5, 0.6) is 11.5 Å². The zero-order chi connectivity index (χ0) is 22.9. The highest BCUT2D eigenvalue weighted by Crippen LogP contribution is 2.30. The summed E-state index contributed by atoms with van der Waals surface area (Å²) >= 11 is 0. The minimum atomic E-state index is -1.08. The molecule has 0 aliphatic carbocycles. The van der Waals surface area contributed by atoms with Crippen molar-refractivity contribution < 1.29 is 27.8 Å². The summed E-state index contributed by atoms with van der Waals surface area (Å²) < 4.78 is 37.8. The lowest BCUT2D eigenvalue weighted by Gasteiger charge is -2.13. The summed E-state index contributed by atoms with van der Waals surface area (Å²) in [5.74, 6) is -2.43. The molecule has 2 N–H and O–H groups in total. The van der Waals surface area contributed by atoms with Crippen molar-refractivity contribution in [2.24, 2.45) is 5.10 Å². The molecule has 0 aromatic heterocycles. The molecule has 0 atom stereocenters. The van der Waals surface area contributed by atoms with E-state index in [0.29, 0.717) is 17.1 Å². The first-order chi connectivity index (χ1) is 15.5. The van der Waals surface area contributed by atoms with Crippen molar-refractivity contribution in [3.05, 3.63) is 89.5 Å². The molecule has 0 unspecified atom stereocenters. The predicted octanol–water partition coefficient (Wildman–Crippen LogP) is 3.64. The average Bonchev–Trinajstić information content (AvgIpc) is 2.80. The van der Waals surface area contributed by atoms with Gasteiger partial charge < -0.3 is 14.8 Å². The van der Waals surface area contributed by atoms with Gasteiger partial charge in [0, 0.05) is 5.56 Å². The molecule has 3 aromatic rings. The fourth-order valence-electron chi connectivity index (χ4n) is 2.64. The van der Waals surface area contributed by atoms with Gasteiger partial charge in [0.1, 0.15) is 18.2 Å². The molecule has 0 saturated carbocycles. The van der Waals surface area contributed by atoms with Crippen molar-refractivity contribution in [1.82, 2.24) is 5.43 Å². The second-order valence-corrected chi connectivity index (χ2v) is 6.43. The lowest BCUT2D eigenvalue weighted by molar-refractivity contribution is -0.136. The van der Waals surface area contributed by atoms with Crippen LogP contribution in [0.2, 0.25) is 0 Å². The number of nitrogens with one attached hydrogen (secondary N) is 2. The Morgan fingerprint density at radius 2 is 1.72 bits per heavy atom. The zero-order valence-corrected chi connectivity index (χ0v) is 17.0. The van der Waals surface area contributed by atoms with Gasteiger partial charge in [-0.3, -0.25) is 9.59 Å². The van der Waals surface area contributed by atoms with E-state index in [1.54, 1.807) is 30.3 Å². The minimum absolute atomic E-state index is 0.124. The number of methoxy groups -OCH3 is 1. The molecule has 2 amide bonds. The second-order valence-electron chi connectivity index (χ2n) is 6.43. The van der Waals surface area contributed by atoms with Crippen LogP contribution in [0.3, 0.4) is 0 Å². The Morgan fingerprint density at radius 1 is 0.969 bits per heavy atom. The smallest absolute Gasteiger partial charge is 0.329 e. The van der Waals surface area contributed by atoms with Gasteiger partial charge in [0.15, 0.2) is 11.5 Å². The van der Waals surface area contributed by atoms with Crippen LogP contribution in [0.15, 0.2) is 71.8 Å². The molecular formula is C23H19F2N3O4. The van der Waals surface area contributed by atoms with Crippen LogP contribution < -0.4 is 20.2 Å². The highest BCUT2D eigenvalue weighted by Gasteiger charge is 2.15. The molecule has 0 bridgehead atoms.